The Morgan fingerprint density at radius 1 is 1.50 bits per heavy atom. The van der Waals surface area contributed by atoms with Crippen LogP contribution in [0.1, 0.15) is 33.6 Å². The van der Waals surface area contributed by atoms with Crippen molar-refractivity contribution in [1.29, 1.82) is 0 Å². The maximum atomic E-state index is 12.3. The highest BCUT2D eigenvalue weighted by molar-refractivity contribution is 8.16. The molecule has 0 N–H and O–H groups in total. The summed E-state index contributed by atoms with van der Waals surface area (Å²) in [7, 11) is 0. The van der Waals surface area contributed by atoms with Crippen LogP contribution in [0.15, 0.2) is 24.3 Å². The summed E-state index contributed by atoms with van der Waals surface area (Å²) in [6, 6.07) is 0. The Balaban J connectivity index is 3.04. The van der Waals surface area contributed by atoms with Crippen LogP contribution in [0.25, 0.3) is 0 Å². The molecule has 98 valence electrons. The van der Waals surface area contributed by atoms with Gasteiger partial charge >= 0.3 is 0 Å². The molecule has 2 unspecified atom stereocenters. The van der Waals surface area contributed by atoms with E-state index in [-0.39, 0.29) is 23.1 Å². The first-order valence-electron chi connectivity index (χ1n) is 5.97. The molecule has 0 radical (unpaired) electrons. The smallest absolute Gasteiger partial charge is 0.208 e. The molecule has 3 nitrogen and oxygen atoms in total. The summed E-state index contributed by atoms with van der Waals surface area (Å²) in [6.07, 6.45) is 4.27. The van der Waals surface area contributed by atoms with Gasteiger partial charge in [-0.2, -0.15) is 0 Å². The molecule has 1 saturated heterocycles. The van der Waals surface area contributed by atoms with E-state index in [1.54, 1.807) is 19.1 Å². The van der Waals surface area contributed by atoms with Gasteiger partial charge in [0.25, 0.3) is 0 Å². The van der Waals surface area contributed by atoms with Crippen LogP contribution in [0.2, 0.25) is 0 Å². The van der Waals surface area contributed by atoms with E-state index in [4.69, 9.17) is 0 Å². The first-order valence-corrected chi connectivity index (χ1v) is 6.79. The second kappa shape index (κ2) is 5.65. The lowest BCUT2D eigenvalue weighted by Gasteiger charge is -2.16. The van der Waals surface area contributed by atoms with Gasteiger partial charge in [-0.3, -0.25) is 14.4 Å². The number of thioether (sulfide) groups is 1. The van der Waals surface area contributed by atoms with Crippen LogP contribution < -0.4 is 0 Å². The Hall–Kier alpha value is -1.16. The highest BCUT2D eigenvalue weighted by Gasteiger charge is 2.52. The average molecular weight is 266 g/mol. The zero-order chi connectivity index (χ0) is 13.9. The van der Waals surface area contributed by atoms with E-state index in [9.17, 15) is 14.4 Å². The normalized spacial score (nSPS) is 28.6. The first kappa shape index (κ1) is 14.9. The molecule has 0 aromatic heterocycles. The summed E-state index contributed by atoms with van der Waals surface area (Å²) in [5.41, 5.74) is 0.828. The predicted octanol–water partition coefficient (Wildman–Crippen LogP) is 2.71. The third-order valence-corrected chi connectivity index (χ3v) is 4.12. The highest BCUT2D eigenvalue weighted by Crippen LogP contribution is 2.42. The van der Waals surface area contributed by atoms with Crippen molar-refractivity contribution in [2.24, 2.45) is 5.92 Å². The van der Waals surface area contributed by atoms with Gasteiger partial charge < -0.3 is 0 Å². The summed E-state index contributed by atoms with van der Waals surface area (Å²) < 4.78 is -0.927. The Morgan fingerprint density at radius 2 is 2.11 bits per heavy atom. The van der Waals surface area contributed by atoms with Crippen molar-refractivity contribution in [3.8, 4) is 0 Å². The molecule has 0 aromatic carbocycles. The third kappa shape index (κ3) is 2.80. The minimum absolute atomic E-state index is 0.256. The largest absolute Gasteiger partial charge is 0.298 e. The minimum Gasteiger partial charge on any atom is -0.298 e. The van der Waals surface area contributed by atoms with Gasteiger partial charge in [0.1, 0.15) is 5.92 Å². The molecule has 1 heterocycles. The van der Waals surface area contributed by atoms with Crippen molar-refractivity contribution < 1.29 is 14.4 Å². The summed E-state index contributed by atoms with van der Waals surface area (Å²) in [5.74, 6) is -1.63. The summed E-state index contributed by atoms with van der Waals surface area (Å²) in [4.78, 5) is 35.9. The Morgan fingerprint density at radius 3 is 2.61 bits per heavy atom. The average Bonchev–Trinajstić information content (AvgIpc) is 2.49. The van der Waals surface area contributed by atoms with Crippen LogP contribution >= 0.6 is 11.8 Å². The molecule has 1 fully saturated rings. The summed E-state index contributed by atoms with van der Waals surface area (Å²) in [6.45, 7) is 8.98. The second-order valence-corrected chi connectivity index (χ2v) is 6.09. The van der Waals surface area contributed by atoms with Crippen LogP contribution in [0.3, 0.4) is 0 Å². The lowest BCUT2D eigenvalue weighted by Crippen LogP contribution is -2.33. The quantitative estimate of drug-likeness (QED) is 0.567. The van der Waals surface area contributed by atoms with E-state index in [0.29, 0.717) is 6.42 Å². The number of hydrogen-bond donors (Lipinski definition) is 0. The van der Waals surface area contributed by atoms with E-state index >= 15 is 0 Å². The SMILES string of the molecule is C=CC(C)=CC1(C)SC(=O)C(C(=O)CCC)C1=O. The molecular weight excluding hydrogens is 248 g/mol. The Bertz CT molecular complexity index is 436. The topological polar surface area (TPSA) is 51.2 Å². The van der Waals surface area contributed by atoms with E-state index < -0.39 is 10.7 Å². The molecule has 1 aliphatic rings. The van der Waals surface area contributed by atoms with Gasteiger partial charge in [0.15, 0.2) is 11.6 Å². The molecule has 18 heavy (non-hydrogen) atoms. The Kier molecular flexibility index (Phi) is 4.68. The fourth-order valence-electron chi connectivity index (χ4n) is 1.97. The number of ketones is 2. The molecule has 0 aromatic rings. The van der Waals surface area contributed by atoms with Crippen molar-refractivity contribution in [2.45, 2.75) is 38.4 Å². The maximum Gasteiger partial charge on any atom is 0.208 e. The fourth-order valence-corrected chi connectivity index (χ4v) is 3.21. The zero-order valence-electron chi connectivity index (χ0n) is 11.0. The van der Waals surface area contributed by atoms with Crippen LogP contribution in [0.4, 0.5) is 0 Å². The van der Waals surface area contributed by atoms with Crippen molar-refractivity contribution in [1.82, 2.24) is 0 Å². The van der Waals surface area contributed by atoms with Crippen molar-refractivity contribution in [2.75, 3.05) is 0 Å². The predicted molar refractivity (Wildman–Crippen MR) is 73.4 cm³/mol. The molecule has 0 saturated carbocycles. The van der Waals surface area contributed by atoms with E-state index in [2.05, 4.69) is 6.58 Å². The van der Waals surface area contributed by atoms with Crippen LogP contribution in [0, 0.1) is 5.92 Å². The van der Waals surface area contributed by atoms with Gasteiger partial charge in [-0.15, -0.1) is 0 Å². The van der Waals surface area contributed by atoms with E-state index in [0.717, 1.165) is 17.3 Å². The highest BCUT2D eigenvalue weighted by atomic mass is 32.2. The van der Waals surface area contributed by atoms with Crippen LogP contribution in [-0.2, 0) is 14.4 Å². The Labute approximate surface area is 112 Å². The number of rotatable bonds is 5. The minimum atomic E-state index is -1.08. The maximum absolute atomic E-state index is 12.3. The van der Waals surface area contributed by atoms with E-state index in [1.165, 1.54) is 0 Å². The molecule has 1 aliphatic heterocycles. The van der Waals surface area contributed by atoms with Crippen molar-refractivity contribution >= 4 is 28.4 Å². The van der Waals surface area contributed by atoms with Gasteiger partial charge in [0, 0.05) is 6.42 Å². The second-order valence-electron chi connectivity index (χ2n) is 4.63. The van der Waals surface area contributed by atoms with Gasteiger partial charge in [-0.05, 0) is 20.3 Å². The standard InChI is InChI=1S/C14H18O3S/c1-5-7-10(15)11-12(16)14(4,18-13(11)17)8-9(3)6-2/h6,8,11H,2,5,7H2,1,3-4H3. The molecule has 0 aliphatic carbocycles. The monoisotopic (exact) mass is 266 g/mol. The summed E-state index contributed by atoms with van der Waals surface area (Å²) >= 11 is 0.948. The number of carbonyl (C=O) groups is 3. The first-order chi connectivity index (χ1) is 8.35. The molecular formula is C14H18O3S. The molecule has 0 spiro atoms. The molecule has 1 rings (SSSR count). The van der Waals surface area contributed by atoms with Crippen molar-refractivity contribution in [3.05, 3.63) is 24.3 Å². The number of carbonyl (C=O) groups excluding carboxylic acids is 3. The molecule has 0 bridgehead atoms. The van der Waals surface area contributed by atoms with E-state index in [1.807, 2.05) is 13.8 Å². The summed E-state index contributed by atoms with van der Waals surface area (Å²) in [5, 5.41) is -0.325. The van der Waals surface area contributed by atoms with Gasteiger partial charge in [0.05, 0.1) is 4.75 Å². The lowest BCUT2D eigenvalue weighted by molar-refractivity contribution is -0.136. The fraction of sp³-hybridized carbons (Fsp3) is 0.500. The van der Waals surface area contributed by atoms with Gasteiger partial charge in [-0.25, -0.2) is 0 Å². The lowest BCUT2D eigenvalue weighted by atomic mass is 9.89. The number of allylic oxidation sites excluding steroid dienone is 2. The van der Waals surface area contributed by atoms with Gasteiger partial charge in [-0.1, -0.05) is 43.0 Å². The zero-order valence-corrected chi connectivity index (χ0v) is 11.8. The molecule has 0 amide bonds. The molecule has 2 atom stereocenters. The van der Waals surface area contributed by atoms with Crippen LogP contribution in [0.5, 0.6) is 0 Å². The molecule has 4 heteroatoms. The third-order valence-electron chi connectivity index (χ3n) is 2.94. The number of hydrogen-bond acceptors (Lipinski definition) is 4. The van der Waals surface area contributed by atoms with Gasteiger partial charge in [0.2, 0.25) is 5.12 Å². The number of Topliss-reactive ketones (excluding diaryl/α,β-unsaturated/α-hetero) is 2. The van der Waals surface area contributed by atoms with Crippen molar-refractivity contribution in [3.63, 3.8) is 0 Å². The van der Waals surface area contributed by atoms with Crippen LogP contribution in [-0.4, -0.2) is 21.4 Å².